The number of hydrogen-bond acceptors (Lipinski definition) is 2. The molecule has 1 aromatic heterocycles. The molecule has 0 radical (unpaired) electrons. The maximum Gasteiger partial charge on any atom is 0.224 e. The van der Waals surface area contributed by atoms with E-state index < -0.39 is 6.10 Å². The molecule has 2 atom stereocenters. The first-order chi connectivity index (χ1) is 12.0. The number of para-hydroxylation sites is 1. The molecule has 2 aromatic carbocycles. The van der Waals surface area contributed by atoms with Crippen molar-refractivity contribution in [3.63, 3.8) is 0 Å². The number of rotatable bonds is 6. The van der Waals surface area contributed by atoms with Crippen LogP contribution < -0.4 is 5.32 Å². The molecule has 1 amide bonds. The highest BCUT2D eigenvalue weighted by Gasteiger charge is 2.15. The molecule has 0 aliphatic heterocycles. The van der Waals surface area contributed by atoms with Crippen LogP contribution in [-0.4, -0.2) is 22.0 Å². The molecule has 3 aromatic rings. The van der Waals surface area contributed by atoms with E-state index in [9.17, 15) is 9.90 Å². The van der Waals surface area contributed by atoms with E-state index in [2.05, 4.69) is 23.3 Å². The summed E-state index contributed by atoms with van der Waals surface area (Å²) < 4.78 is 0. The largest absolute Gasteiger partial charge is 0.388 e. The molecule has 0 aliphatic carbocycles. The molecule has 25 heavy (non-hydrogen) atoms. The monoisotopic (exact) mass is 336 g/mol. The summed E-state index contributed by atoms with van der Waals surface area (Å²) in [6, 6.07) is 15.5. The molecule has 0 spiro atoms. The first-order valence-corrected chi connectivity index (χ1v) is 8.62. The van der Waals surface area contributed by atoms with Gasteiger partial charge in [-0.15, -0.1) is 0 Å². The van der Waals surface area contributed by atoms with Gasteiger partial charge in [-0.05, 0) is 37.0 Å². The van der Waals surface area contributed by atoms with E-state index in [4.69, 9.17) is 0 Å². The molecule has 2 unspecified atom stereocenters. The fourth-order valence-corrected chi connectivity index (χ4v) is 3.21. The van der Waals surface area contributed by atoms with Crippen LogP contribution in [0.4, 0.5) is 0 Å². The van der Waals surface area contributed by atoms with Gasteiger partial charge in [0.25, 0.3) is 0 Å². The highest BCUT2D eigenvalue weighted by Crippen LogP contribution is 2.22. The Morgan fingerprint density at radius 3 is 2.68 bits per heavy atom. The number of benzene rings is 2. The topological polar surface area (TPSA) is 65.1 Å². The minimum atomic E-state index is -0.577. The zero-order valence-electron chi connectivity index (χ0n) is 14.6. The second-order valence-corrected chi connectivity index (χ2v) is 6.62. The summed E-state index contributed by atoms with van der Waals surface area (Å²) >= 11 is 0. The Morgan fingerprint density at radius 2 is 1.92 bits per heavy atom. The standard InChI is InChI=1S/C21H24N2O2/c1-14-7-6-10-18-17(13-22-21(14)18)12-20(25)23-15(2)11-19(24)16-8-4-3-5-9-16/h3-10,13,15,19,22,24H,11-12H2,1-2H3,(H,23,25). The van der Waals surface area contributed by atoms with Crippen LogP contribution in [0.15, 0.2) is 54.7 Å². The van der Waals surface area contributed by atoms with Crippen molar-refractivity contribution in [2.75, 3.05) is 0 Å². The van der Waals surface area contributed by atoms with Crippen molar-refractivity contribution in [1.29, 1.82) is 0 Å². The van der Waals surface area contributed by atoms with Crippen LogP contribution in [0.25, 0.3) is 10.9 Å². The van der Waals surface area contributed by atoms with Gasteiger partial charge in [0.15, 0.2) is 0 Å². The first-order valence-electron chi connectivity index (χ1n) is 8.62. The second-order valence-electron chi connectivity index (χ2n) is 6.62. The minimum Gasteiger partial charge on any atom is -0.388 e. The number of hydrogen-bond donors (Lipinski definition) is 3. The smallest absolute Gasteiger partial charge is 0.224 e. The van der Waals surface area contributed by atoms with Gasteiger partial charge in [0.05, 0.1) is 12.5 Å². The third-order valence-corrected chi connectivity index (χ3v) is 4.53. The quantitative estimate of drug-likeness (QED) is 0.643. The van der Waals surface area contributed by atoms with Gasteiger partial charge in [-0.3, -0.25) is 4.79 Å². The number of amides is 1. The molecule has 0 saturated heterocycles. The highest BCUT2D eigenvalue weighted by molar-refractivity contribution is 5.90. The third-order valence-electron chi connectivity index (χ3n) is 4.53. The summed E-state index contributed by atoms with van der Waals surface area (Å²) in [6.45, 7) is 3.97. The van der Waals surface area contributed by atoms with Crippen molar-refractivity contribution in [2.45, 2.75) is 38.8 Å². The van der Waals surface area contributed by atoms with Crippen molar-refractivity contribution < 1.29 is 9.90 Å². The van der Waals surface area contributed by atoms with E-state index >= 15 is 0 Å². The number of aromatic nitrogens is 1. The molecule has 0 bridgehead atoms. The molecule has 4 nitrogen and oxygen atoms in total. The van der Waals surface area contributed by atoms with Gasteiger partial charge in [-0.1, -0.05) is 48.5 Å². The molecule has 0 saturated carbocycles. The zero-order chi connectivity index (χ0) is 17.8. The number of aliphatic hydroxyl groups excluding tert-OH is 1. The lowest BCUT2D eigenvalue weighted by atomic mass is 10.0. The number of aromatic amines is 1. The number of carbonyl (C=O) groups excluding carboxylic acids is 1. The summed E-state index contributed by atoms with van der Waals surface area (Å²) in [4.78, 5) is 15.6. The molecule has 0 aliphatic rings. The highest BCUT2D eigenvalue weighted by atomic mass is 16.3. The maximum atomic E-state index is 12.4. The Kier molecular flexibility index (Phi) is 5.19. The summed E-state index contributed by atoms with van der Waals surface area (Å²) in [5.41, 5.74) is 4.11. The first kappa shape index (κ1) is 17.2. The van der Waals surface area contributed by atoms with Crippen LogP contribution in [0.3, 0.4) is 0 Å². The summed E-state index contributed by atoms with van der Waals surface area (Å²) in [6.07, 6.45) is 2.14. The van der Waals surface area contributed by atoms with Gasteiger partial charge in [0, 0.05) is 23.1 Å². The second kappa shape index (κ2) is 7.53. The summed E-state index contributed by atoms with van der Waals surface area (Å²) in [7, 11) is 0. The predicted molar refractivity (Wildman–Crippen MR) is 100 cm³/mol. The number of aliphatic hydroxyl groups is 1. The lowest BCUT2D eigenvalue weighted by molar-refractivity contribution is -0.121. The molecular formula is C21H24N2O2. The summed E-state index contributed by atoms with van der Waals surface area (Å²) in [5, 5.41) is 14.4. The SMILES string of the molecule is Cc1cccc2c(CC(=O)NC(C)CC(O)c3ccccc3)c[nH]c12. The van der Waals surface area contributed by atoms with Gasteiger partial charge in [-0.2, -0.15) is 0 Å². The molecular weight excluding hydrogens is 312 g/mol. The number of H-pyrrole nitrogens is 1. The number of aryl methyl sites for hydroxylation is 1. The van der Waals surface area contributed by atoms with E-state index in [-0.39, 0.29) is 11.9 Å². The van der Waals surface area contributed by atoms with Crippen molar-refractivity contribution in [3.8, 4) is 0 Å². The van der Waals surface area contributed by atoms with Gasteiger partial charge in [-0.25, -0.2) is 0 Å². The van der Waals surface area contributed by atoms with Crippen molar-refractivity contribution in [1.82, 2.24) is 10.3 Å². The lowest BCUT2D eigenvalue weighted by Gasteiger charge is -2.18. The molecule has 1 heterocycles. The molecule has 3 N–H and O–H groups in total. The van der Waals surface area contributed by atoms with Crippen molar-refractivity contribution >= 4 is 16.8 Å². The molecule has 4 heteroatoms. The van der Waals surface area contributed by atoms with Gasteiger partial charge >= 0.3 is 0 Å². The average Bonchev–Trinajstić information content (AvgIpc) is 2.99. The average molecular weight is 336 g/mol. The minimum absolute atomic E-state index is 0.0323. The Labute approximate surface area is 147 Å². The van der Waals surface area contributed by atoms with E-state index in [0.717, 1.165) is 22.0 Å². The Bertz CT molecular complexity index is 855. The predicted octanol–water partition coefficient (Wildman–Crippen LogP) is 3.65. The van der Waals surface area contributed by atoms with Crippen molar-refractivity contribution in [3.05, 3.63) is 71.4 Å². The van der Waals surface area contributed by atoms with Crippen LogP contribution in [-0.2, 0) is 11.2 Å². The Morgan fingerprint density at radius 1 is 1.16 bits per heavy atom. The van der Waals surface area contributed by atoms with E-state index in [1.165, 1.54) is 5.56 Å². The molecule has 130 valence electrons. The van der Waals surface area contributed by atoms with Crippen molar-refractivity contribution in [2.24, 2.45) is 0 Å². The summed E-state index contributed by atoms with van der Waals surface area (Å²) in [5.74, 6) is -0.0323. The Hall–Kier alpha value is -2.59. The van der Waals surface area contributed by atoms with Gasteiger partial charge in [0.1, 0.15) is 0 Å². The van der Waals surface area contributed by atoms with E-state index in [1.54, 1.807) is 0 Å². The third kappa shape index (κ3) is 4.09. The lowest BCUT2D eigenvalue weighted by Crippen LogP contribution is -2.34. The van der Waals surface area contributed by atoms with Crippen LogP contribution in [0.1, 0.15) is 36.1 Å². The molecule has 0 fully saturated rings. The fourth-order valence-electron chi connectivity index (χ4n) is 3.21. The number of nitrogens with one attached hydrogen (secondary N) is 2. The fraction of sp³-hybridized carbons (Fsp3) is 0.286. The zero-order valence-corrected chi connectivity index (χ0v) is 14.6. The maximum absolute atomic E-state index is 12.4. The van der Waals surface area contributed by atoms with Crippen LogP contribution in [0.2, 0.25) is 0 Å². The van der Waals surface area contributed by atoms with Gasteiger partial charge < -0.3 is 15.4 Å². The Balaban J connectivity index is 1.59. The van der Waals surface area contributed by atoms with Crippen LogP contribution in [0, 0.1) is 6.92 Å². The molecule has 3 rings (SSSR count). The number of fused-ring (bicyclic) bond motifs is 1. The van der Waals surface area contributed by atoms with Crippen LogP contribution >= 0.6 is 0 Å². The normalized spacial score (nSPS) is 13.6. The number of carbonyl (C=O) groups is 1. The van der Waals surface area contributed by atoms with E-state index in [0.29, 0.717) is 12.8 Å². The van der Waals surface area contributed by atoms with E-state index in [1.807, 2.05) is 55.6 Å². The van der Waals surface area contributed by atoms with Crippen LogP contribution in [0.5, 0.6) is 0 Å². The van der Waals surface area contributed by atoms with Gasteiger partial charge in [0.2, 0.25) is 5.91 Å².